The van der Waals surface area contributed by atoms with Crippen molar-refractivity contribution in [2.45, 2.75) is 24.7 Å². The summed E-state index contributed by atoms with van der Waals surface area (Å²) in [6.45, 7) is -0.633. The summed E-state index contributed by atoms with van der Waals surface area (Å²) < 4.78 is 44.4. The average Bonchev–Trinajstić information content (AvgIpc) is 3.32. The summed E-state index contributed by atoms with van der Waals surface area (Å²) >= 11 is 1.74. The third kappa shape index (κ3) is 3.37. The Kier molecular flexibility index (Phi) is 4.62. The summed E-state index contributed by atoms with van der Waals surface area (Å²) in [5.74, 6) is -2.12. The van der Waals surface area contributed by atoms with Crippen LogP contribution in [-0.2, 0) is 24.9 Å². The molecule has 0 radical (unpaired) electrons. The SMILES string of the molecule is O=C(COc1ccc(C2(C(F)(F)F)N=N2)cc1I)ON1C(=O)CCC1=O. The lowest BCUT2D eigenvalue weighted by Gasteiger charge is -2.16. The number of amides is 2. The second-order valence-corrected chi connectivity index (χ2v) is 6.51. The lowest BCUT2D eigenvalue weighted by Crippen LogP contribution is -2.34. The molecule has 1 aromatic rings. The highest BCUT2D eigenvalue weighted by atomic mass is 127. The first kappa shape index (κ1) is 18.5. The van der Waals surface area contributed by atoms with Gasteiger partial charge in [0.15, 0.2) is 6.61 Å². The van der Waals surface area contributed by atoms with E-state index in [1.54, 1.807) is 22.6 Å². The number of benzene rings is 1. The fourth-order valence-electron chi connectivity index (χ4n) is 2.20. The lowest BCUT2D eigenvalue weighted by atomic mass is 10.0. The van der Waals surface area contributed by atoms with Gasteiger partial charge in [0.25, 0.3) is 11.8 Å². The van der Waals surface area contributed by atoms with Crippen LogP contribution in [0.25, 0.3) is 0 Å². The molecule has 0 unspecified atom stereocenters. The van der Waals surface area contributed by atoms with Gasteiger partial charge < -0.3 is 9.57 Å². The van der Waals surface area contributed by atoms with Gasteiger partial charge in [0.2, 0.25) is 0 Å². The highest BCUT2D eigenvalue weighted by molar-refractivity contribution is 14.1. The van der Waals surface area contributed by atoms with Gasteiger partial charge in [-0.2, -0.15) is 13.2 Å². The summed E-state index contributed by atoms with van der Waals surface area (Å²) in [5.41, 5.74) is -2.71. The summed E-state index contributed by atoms with van der Waals surface area (Å²) in [7, 11) is 0. The van der Waals surface area contributed by atoms with E-state index in [2.05, 4.69) is 15.1 Å². The molecular weight excluding hydrogens is 474 g/mol. The van der Waals surface area contributed by atoms with Crippen LogP contribution >= 0.6 is 22.6 Å². The second-order valence-electron chi connectivity index (χ2n) is 5.35. The molecule has 8 nitrogen and oxygen atoms in total. The molecule has 0 saturated carbocycles. The number of hydrogen-bond donors (Lipinski definition) is 0. The maximum atomic E-state index is 13.0. The van der Waals surface area contributed by atoms with Crippen LogP contribution in [0.4, 0.5) is 13.2 Å². The minimum atomic E-state index is -4.64. The predicted molar refractivity (Wildman–Crippen MR) is 84.4 cm³/mol. The largest absolute Gasteiger partial charge is 0.481 e. The van der Waals surface area contributed by atoms with E-state index < -0.39 is 36.2 Å². The van der Waals surface area contributed by atoms with Gasteiger partial charge in [0.05, 0.1) is 3.57 Å². The maximum Gasteiger partial charge on any atom is 0.442 e. The van der Waals surface area contributed by atoms with Crippen molar-refractivity contribution < 1.29 is 37.1 Å². The van der Waals surface area contributed by atoms with E-state index in [9.17, 15) is 27.6 Å². The van der Waals surface area contributed by atoms with E-state index >= 15 is 0 Å². The third-order valence-corrected chi connectivity index (χ3v) is 4.42. The van der Waals surface area contributed by atoms with Gasteiger partial charge in [-0.3, -0.25) is 9.59 Å². The van der Waals surface area contributed by atoms with Crippen LogP contribution in [0.5, 0.6) is 5.75 Å². The van der Waals surface area contributed by atoms with E-state index in [1.807, 2.05) is 0 Å². The summed E-state index contributed by atoms with van der Waals surface area (Å²) in [6, 6.07) is 3.58. The molecule has 0 atom stereocenters. The van der Waals surface area contributed by atoms with Crippen molar-refractivity contribution in [3.05, 3.63) is 27.3 Å². The maximum absolute atomic E-state index is 13.0. The quantitative estimate of drug-likeness (QED) is 0.474. The van der Waals surface area contributed by atoms with Crippen molar-refractivity contribution in [2.75, 3.05) is 6.61 Å². The number of halogens is 4. The molecule has 2 aliphatic heterocycles. The highest BCUT2D eigenvalue weighted by Crippen LogP contribution is 2.52. The summed E-state index contributed by atoms with van der Waals surface area (Å²) in [5, 5.41) is 6.59. The van der Waals surface area contributed by atoms with Crippen LogP contribution < -0.4 is 4.74 Å². The average molecular weight is 483 g/mol. The Labute approximate surface area is 157 Å². The molecule has 0 aromatic heterocycles. The Morgan fingerprint density at radius 1 is 1.23 bits per heavy atom. The first-order valence-electron chi connectivity index (χ1n) is 7.14. The Balaban J connectivity index is 1.62. The van der Waals surface area contributed by atoms with Gasteiger partial charge in [-0.15, -0.1) is 15.3 Å². The third-order valence-electron chi connectivity index (χ3n) is 3.57. The number of hydroxylamine groups is 2. The minimum Gasteiger partial charge on any atom is -0.481 e. The standard InChI is InChI=1S/C14H9F3IN3O5/c15-14(16,17)13(19-20-13)7-1-2-9(8(18)5-7)25-6-12(24)26-21-10(22)3-4-11(21)23/h1-2,5H,3-4,6H2. The highest BCUT2D eigenvalue weighted by Gasteiger charge is 2.65. The smallest absolute Gasteiger partial charge is 0.442 e. The lowest BCUT2D eigenvalue weighted by molar-refractivity contribution is -0.198. The van der Waals surface area contributed by atoms with Crippen molar-refractivity contribution in [3.8, 4) is 5.75 Å². The molecule has 2 heterocycles. The van der Waals surface area contributed by atoms with Gasteiger partial charge >= 0.3 is 17.8 Å². The molecule has 0 N–H and O–H groups in total. The van der Waals surface area contributed by atoms with Crippen molar-refractivity contribution >= 4 is 40.4 Å². The van der Waals surface area contributed by atoms with Crippen LogP contribution in [0.2, 0.25) is 0 Å². The molecule has 2 aliphatic rings. The van der Waals surface area contributed by atoms with Gasteiger partial charge in [0, 0.05) is 18.4 Å². The number of ether oxygens (including phenoxy) is 1. The summed E-state index contributed by atoms with van der Waals surface area (Å²) in [6.07, 6.45) is -4.72. The molecule has 0 spiro atoms. The Morgan fingerprint density at radius 2 is 1.85 bits per heavy atom. The van der Waals surface area contributed by atoms with Gasteiger partial charge in [-0.25, -0.2) is 4.79 Å². The van der Waals surface area contributed by atoms with Crippen molar-refractivity contribution in [1.82, 2.24) is 5.06 Å². The van der Waals surface area contributed by atoms with E-state index in [0.29, 0.717) is 8.63 Å². The van der Waals surface area contributed by atoms with Crippen LogP contribution in [0, 0.1) is 3.57 Å². The molecule has 0 bridgehead atoms. The van der Waals surface area contributed by atoms with E-state index in [1.165, 1.54) is 12.1 Å². The molecule has 1 fully saturated rings. The van der Waals surface area contributed by atoms with Crippen molar-refractivity contribution in [2.24, 2.45) is 10.2 Å². The fourth-order valence-corrected chi connectivity index (χ4v) is 2.87. The van der Waals surface area contributed by atoms with Crippen LogP contribution in [0.15, 0.2) is 28.4 Å². The van der Waals surface area contributed by atoms with Crippen molar-refractivity contribution in [3.63, 3.8) is 0 Å². The topological polar surface area (TPSA) is 97.6 Å². The monoisotopic (exact) mass is 483 g/mol. The first-order chi connectivity index (χ1) is 12.1. The van der Waals surface area contributed by atoms with E-state index in [4.69, 9.17) is 4.74 Å². The Morgan fingerprint density at radius 3 is 2.35 bits per heavy atom. The number of carbonyl (C=O) groups excluding carboxylic acids is 3. The minimum absolute atomic E-state index is 0.0383. The van der Waals surface area contributed by atoms with Crippen LogP contribution in [-0.4, -0.2) is 35.6 Å². The normalized spacial score (nSPS) is 18.2. The molecule has 1 aromatic carbocycles. The number of rotatable bonds is 5. The zero-order valence-electron chi connectivity index (χ0n) is 12.7. The molecule has 138 valence electrons. The number of carbonyl (C=O) groups is 3. The number of alkyl halides is 3. The molecule has 0 aliphatic carbocycles. The Hall–Kier alpha value is -2.25. The molecule has 12 heteroatoms. The van der Waals surface area contributed by atoms with Crippen LogP contribution in [0.1, 0.15) is 18.4 Å². The Bertz CT molecular complexity index is 805. The van der Waals surface area contributed by atoms with E-state index in [-0.39, 0.29) is 24.2 Å². The molecular formula is C14H9F3IN3O5. The van der Waals surface area contributed by atoms with Gasteiger partial charge in [-0.1, -0.05) is 6.07 Å². The van der Waals surface area contributed by atoms with Crippen molar-refractivity contribution in [1.29, 1.82) is 0 Å². The number of imide groups is 1. The summed E-state index contributed by atoms with van der Waals surface area (Å²) in [4.78, 5) is 39.0. The number of nitrogens with zero attached hydrogens (tertiary/aromatic N) is 3. The predicted octanol–water partition coefficient (Wildman–Crippen LogP) is 2.46. The molecule has 3 rings (SSSR count). The van der Waals surface area contributed by atoms with Crippen LogP contribution in [0.3, 0.4) is 0 Å². The molecule has 26 heavy (non-hydrogen) atoms. The van der Waals surface area contributed by atoms with E-state index in [0.717, 1.165) is 6.07 Å². The first-order valence-corrected chi connectivity index (χ1v) is 8.22. The zero-order chi connectivity index (χ0) is 19.1. The second kappa shape index (κ2) is 6.48. The molecule has 2 amide bonds. The fraction of sp³-hybridized carbons (Fsp3) is 0.357. The van der Waals surface area contributed by atoms with Gasteiger partial charge in [0.1, 0.15) is 5.75 Å². The van der Waals surface area contributed by atoms with Gasteiger partial charge in [-0.05, 0) is 34.7 Å². The number of hydrogen-bond acceptors (Lipinski definition) is 7. The molecule has 1 saturated heterocycles. The zero-order valence-corrected chi connectivity index (χ0v) is 14.9.